The molecule has 3 aliphatic carbocycles. The van der Waals surface area contributed by atoms with Crippen LogP contribution in [0.15, 0.2) is 127 Å². The number of allylic oxidation sites excluding steroid dienone is 2. The fourth-order valence-electron chi connectivity index (χ4n) is 14.5. The van der Waals surface area contributed by atoms with Gasteiger partial charge in [0.25, 0.3) is 43.7 Å². The van der Waals surface area contributed by atoms with Gasteiger partial charge in [-0.3, -0.25) is 33.5 Å². The van der Waals surface area contributed by atoms with Crippen LogP contribution in [0.2, 0.25) is 20.1 Å². The van der Waals surface area contributed by atoms with E-state index in [2.05, 4.69) is 54.4 Å². The van der Waals surface area contributed by atoms with Crippen LogP contribution < -0.4 is 34.9 Å². The van der Waals surface area contributed by atoms with E-state index < -0.39 is 53.9 Å². The molecule has 0 spiro atoms. The van der Waals surface area contributed by atoms with E-state index in [1.165, 1.54) is 18.2 Å². The van der Waals surface area contributed by atoms with E-state index in [0.717, 1.165) is 127 Å². The first-order valence-electron chi connectivity index (χ1n) is 35.7. The molecule has 5 heterocycles. The maximum absolute atomic E-state index is 14.1. The van der Waals surface area contributed by atoms with Crippen molar-refractivity contribution >= 4 is 101 Å². The lowest BCUT2D eigenvalue weighted by molar-refractivity contribution is -0.116. The average Bonchev–Trinajstić information content (AvgIpc) is 1.57. The monoisotopic (exact) mass is 1580 g/mol. The van der Waals surface area contributed by atoms with Crippen molar-refractivity contribution in [3.8, 4) is 33.8 Å². The predicted molar refractivity (Wildman–Crippen MR) is 419 cm³/mol. The number of aromatic nitrogens is 5. The number of fused-ring (bicyclic) bond motifs is 2. The molecule has 108 heavy (non-hydrogen) atoms. The maximum atomic E-state index is 14.1. The minimum atomic E-state index is -4.50. The van der Waals surface area contributed by atoms with E-state index in [9.17, 15) is 36.0 Å². The van der Waals surface area contributed by atoms with Crippen LogP contribution in [0.4, 0.5) is 0 Å². The standard InChI is InChI=1S/C42H51Cl2N5O6S.C38H37Cl2N5O6S/c1-23(2)46-29-12-10-28(11-13-29)22-45-42(51)36-16-17-37(55-36)56(52,53)48-41(50)34-21-33-32(14-15-35(43)39(33)38-26(5)47-49(7)27(38)6)31(34)9-8-18-54-30-19-24(3)40(44)25(4)20-30;1-21-17-26(18-22(2)36(21)40)50-16-6-7-27-28-8-9-31(39)35(34-23(3)43-45(5)24(34)4)29(28)19-30(27)37(46)44-52(48,49)33-11-10-32(51-33)38(47)42-20-25-12-14-41-15-13-25/h14-17,19-20,23,28-29,46H,8-13,18,21-22H2,1-7H3,(H,45,51)(H,48,50);8-15,17-18H,6-7,16,19-20H2,1-5H3,(H,42,47)(H,44,46). The third-order valence-corrected chi connectivity index (χ3v) is 24.2. The second kappa shape index (κ2) is 33.9. The molecule has 28 heteroatoms. The number of furan rings is 2. The zero-order chi connectivity index (χ0) is 77.8. The highest BCUT2D eigenvalue weighted by Gasteiger charge is 2.37. The number of benzene rings is 4. The zero-order valence-corrected chi connectivity index (χ0v) is 67.0. The molecule has 3 aliphatic rings. The molecular formula is C80H88Cl4N10O12S2. The van der Waals surface area contributed by atoms with Crippen LogP contribution in [0.1, 0.15) is 159 Å². The summed E-state index contributed by atoms with van der Waals surface area (Å²) >= 11 is 26.4. The molecule has 12 rings (SSSR count). The predicted octanol–water partition coefficient (Wildman–Crippen LogP) is 15.4. The first kappa shape index (κ1) is 80.0. The number of carbonyl (C=O) groups is 4. The van der Waals surface area contributed by atoms with E-state index in [1.54, 1.807) is 46.0 Å². The molecule has 0 aliphatic heterocycles. The fourth-order valence-corrected chi connectivity index (χ4v) is 17.1. The van der Waals surface area contributed by atoms with Gasteiger partial charge < -0.3 is 34.3 Å². The van der Waals surface area contributed by atoms with Crippen LogP contribution in [-0.4, -0.2) is 96.9 Å². The number of ether oxygens (including phenoxy) is 2. The van der Waals surface area contributed by atoms with Crippen LogP contribution in [0.5, 0.6) is 11.5 Å². The summed E-state index contributed by atoms with van der Waals surface area (Å²) in [7, 11) is -5.28. The number of aryl methyl sites for hydroxylation is 8. The number of hydrogen-bond donors (Lipinski definition) is 5. The number of carbonyl (C=O) groups excluding carboxylic acids is 4. The maximum Gasteiger partial charge on any atom is 0.297 e. The van der Waals surface area contributed by atoms with Gasteiger partial charge in [-0.25, -0.2) is 9.44 Å². The quantitative estimate of drug-likeness (QED) is 0.0315. The van der Waals surface area contributed by atoms with Gasteiger partial charge >= 0.3 is 0 Å². The molecule has 5 N–H and O–H groups in total. The van der Waals surface area contributed by atoms with E-state index in [4.69, 9.17) is 64.7 Å². The highest BCUT2D eigenvalue weighted by atomic mass is 35.5. The Labute approximate surface area is 649 Å². The van der Waals surface area contributed by atoms with Crippen LogP contribution in [-0.2, 0) is 63.1 Å². The molecule has 1 saturated carbocycles. The Balaban J connectivity index is 0.000000215. The molecule has 570 valence electrons. The second-order valence-corrected chi connectivity index (χ2v) is 32.8. The average molecular weight is 1590 g/mol. The molecule has 4 aromatic carbocycles. The van der Waals surface area contributed by atoms with Gasteiger partial charge in [-0.2, -0.15) is 27.0 Å². The lowest BCUT2D eigenvalue weighted by atomic mass is 9.85. The highest BCUT2D eigenvalue weighted by molar-refractivity contribution is 7.90. The molecule has 0 atom stereocenters. The molecule has 9 aromatic rings. The molecule has 1 fully saturated rings. The van der Waals surface area contributed by atoms with Gasteiger partial charge in [0.1, 0.15) is 11.5 Å². The van der Waals surface area contributed by atoms with Crippen LogP contribution in [0.3, 0.4) is 0 Å². The van der Waals surface area contributed by atoms with Gasteiger partial charge in [-0.1, -0.05) is 72.4 Å². The van der Waals surface area contributed by atoms with Crippen molar-refractivity contribution in [1.29, 1.82) is 0 Å². The summed E-state index contributed by atoms with van der Waals surface area (Å²) in [5.74, 6) is -1.37. The molecular weight excluding hydrogens is 1500 g/mol. The van der Waals surface area contributed by atoms with Gasteiger partial charge in [0, 0.05) is 129 Å². The van der Waals surface area contributed by atoms with Crippen molar-refractivity contribution in [2.75, 3.05) is 19.8 Å². The van der Waals surface area contributed by atoms with Gasteiger partial charge in [0.05, 0.1) is 24.6 Å². The summed E-state index contributed by atoms with van der Waals surface area (Å²) in [5.41, 5.74) is 16.3. The lowest BCUT2D eigenvalue weighted by Gasteiger charge is -2.30. The summed E-state index contributed by atoms with van der Waals surface area (Å²) in [4.78, 5) is 57.7. The van der Waals surface area contributed by atoms with E-state index in [1.807, 2.05) is 106 Å². The number of halogens is 4. The van der Waals surface area contributed by atoms with Crippen LogP contribution >= 0.6 is 46.4 Å². The highest BCUT2D eigenvalue weighted by Crippen LogP contribution is 2.48. The van der Waals surface area contributed by atoms with E-state index >= 15 is 0 Å². The molecule has 4 amide bonds. The number of nitrogens with one attached hydrogen (secondary N) is 5. The third-order valence-electron chi connectivity index (χ3n) is 19.9. The normalized spacial score (nSPS) is 14.9. The number of sulfonamides is 2. The largest absolute Gasteiger partial charge is 0.494 e. The second-order valence-electron chi connectivity index (χ2n) is 28.0. The first-order valence-corrected chi connectivity index (χ1v) is 40.2. The molecule has 0 saturated heterocycles. The Morgan fingerprint density at radius 3 is 1.36 bits per heavy atom. The number of pyridine rings is 1. The number of amides is 4. The Hall–Kier alpha value is -9.01. The molecule has 5 aromatic heterocycles. The summed E-state index contributed by atoms with van der Waals surface area (Å²) in [5, 5.41) is 19.6. The molecule has 0 radical (unpaired) electrons. The Morgan fingerprint density at radius 1 is 0.546 bits per heavy atom. The smallest absolute Gasteiger partial charge is 0.297 e. The van der Waals surface area contributed by atoms with E-state index in [0.29, 0.717) is 112 Å². The SMILES string of the molecule is Cc1cc(OCCCC2=C(C(=O)NS(=O)(=O)c3ccc(C(=O)NCC4CCC(NC(C)C)CC4)o3)Cc3c2ccc(Cl)c3-c2c(C)nn(C)c2C)cc(C)c1Cl.Cc1cc(OCCCC2=C(C(=O)NS(=O)(=O)c3ccc(C(=O)NCc4ccncc4)o3)Cc3c2ccc(Cl)c3-c2c(C)nn(C)c2C)cc(C)c1Cl. The first-order chi connectivity index (χ1) is 51.3. The Bertz CT molecular complexity index is 5240. The van der Waals surface area contributed by atoms with Gasteiger partial charge in [-0.15, -0.1) is 0 Å². The van der Waals surface area contributed by atoms with E-state index in [-0.39, 0.29) is 36.5 Å². The number of rotatable bonds is 26. The molecule has 0 unspecified atom stereocenters. The minimum Gasteiger partial charge on any atom is -0.494 e. The number of nitrogens with zero attached hydrogens (tertiary/aromatic N) is 5. The Kier molecular flexibility index (Phi) is 25.1. The van der Waals surface area contributed by atoms with Gasteiger partial charge in [0.15, 0.2) is 11.5 Å². The van der Waals surface area contributed by atoms with Crippen LogP contribution in [0, 0.1) is 61.3 Å². The van der Waals surface area contributed by atoms with Gasteiger partial charge in [-0.05, 0) is 247 Å². The zero-order valence-electron chi connectivity index (χ0n) is 62.3. The summed E-state index contributed by atoms with van der Waals surface area (Å²) in [6, 6.07) is 24.1. The van der Waals surface area contributed by atoms with Crippen molar-refractivity contribution < 1.29 is 54.3 Å². The van der Waals surface area contributed by atoms with Crippen molar-refractivity contribution in [2.24, 2.45) is 20.0 Å². The molecule has 0 bridgehead atoms. The minimum absolute atomic E-state index is 0.132. The fraction of sp³-hybridized carbons (Fsp3) is 0.362. The lowest BCUT2D eigenvalue weighted by Crippen LogP contribution is -2.39. The third kappa shape index (κ3) is 18.0. The summed E-state index contributed by atoms with van der Waals surface area (Å²) < 4.78 is 85.2. The van der Waals surface area contributed by atoms with Crippen molar-refractivity contribution in [2.45, 2.75) is 162 Å². The topological polar surface area (TPSA) is 290 Å². The van der Waals surface area contributed by atoms with Crippen molar-refractivity contribution in [3.05, 3.63) is 213 Å². The van der Waals surface area contributed by atoms with Crippen LogP contribution in [0.25, 0.3) is 33.4 Å². The van der Waals surface area contributed by atoms with Crippen molar-refractivity contribution in [3.63, 3.8) is 0 Å². The Morgan fingerprint density at radius 2 is 0.963 bits per heavy atom. The number of hydrogen-bond acceptors (Lipinski definition) is 16. The van der Waals surface area contributed by atoms with Crippen molar-refractivity contribution in [1.82, 2.24) is 49.9 Å². The summed E-state index contributed by atoms with van der Waals surface area (Å²) in [6.07, 6.45) is 9.42. The van der Waals surface area contributed by atoms with Gasteiger partial charge in [0.2, 0.25) is 10.2 Å². The molecule has 22 nitrogen and oxygen atoms in total. The summed E-state index contributed by atoms with van der Waals surface area (Å²) in [6.45, 7) is 21.0.